The van der Waals surface area contributed by atoms with Crippen molar-refractivity contribution in [1.29, 1.82) is 0 Å². The number of hydrogen-bond acceptors (Lipinski definition) is 2. The number of allylic oxidation sites excluding steroid dienone is 1. The van der Waals surface area contributed by atoms with E-state index >= 15 is 0 Å². The Bertz CT molecular complexity index is 77.6. The molecule has 1 N–H and O–H groups in total. The lowest BCUT2D eigenvalue weighted by atomic mass is 10.6. The fourth-order valence-corrected chi connectivity index (χ4v) is 0.312. The van der Waals surface area contributed by atoms with Crippen LogP contribution in [0, 0.1) is 6.73 Å². The van der Waals surface area contributed by atoms with Crippen LogP contribution in [-0.4, -0.2) is 0 Å². The number of ether oxygens (including phenoxy) is 1. The molecule has 0 aromatic carbocycles. The Morgan fingerprint density at radius 3 is 2.83 bits per heavy atom. The Hall–Kier alpha value is -0.660. The number of nitrogens with one attached hydrogen (secondary N) is 1. The van der Waals surface area contributed by atoms with Gasteiger partial charge in [-0.05, 0) is 6.92 Å². The maximum atomic E-state index is 4.78. The second kappa shape index (κ2) is 1.20. The highest BCUT2D eigenvalue weighted by molar-refractivity contribution is 4.93. The first-order valence-electron chi connectivity index (χ1n) is 1.81. The first kappa shape index (κ1) is 3.53. The van der Waals surface area contributed by atoms with Crippen LogP contribution >= 0.6 is 0 Å². The molecule has 0 atom stereocenters. The van der Waals surface area contributed by atoms with Gasteiger partial charge in [-0.1, -0.05) is 0 Å². The molecule has 0 amide bonds. The highest BCUT2D eigenvalue weighted by atomic mass is 16.5. The highest BCUT2D eigenvalue weighted by Crippen LogP contribution is 1.99. The van der Waals surface area contributed by atoms with Crippen LogP contribution in [0.2, 0.25) is 0 Å². The van der Waals surface area contributed by atoms with Crippen LogP contribution in [0.5, 0.6) is 0 Å². The minimum atomic E-state index is 0.912. The highest BCUT2D eigenvalue weighted by Gasteiger charge is 1.94. The quantitative estimate of drug-likeness (QED) is 0.463. The first-order chi connectivity index (χ1) is 2.89. The Morgan fingerprint density at radius 2 is 2.67 bits per heavy atom. The topological polar surface area (TPSA) is 21.3 Å². The summed E-state index contributed by atoms with van der Waals surface area (Å²) in [7, 11) is 0. The predicted octanol–water partition coefficient (Wildman–Crippen LogP) is 0.587. The second-order valence-corrected chi connectivity index (χ2v) is 1.16. The van der Waals surface area contributed by atoms with Gasteiger partial charge in [0.05, 0.1) is 0 Å². The molecule has 33 valence electrons. The average Bonchev–Trinajstić information content (AvgIpc) is 1.86. The van der Waals surface area contributed by atoms with E-state index in [-0.39, 0.29) is 0 Å². The molecule has 6 heavy (non-hydrogen) atoms. The lowest BCUT2D eigenvalue weighted by Crippen LogP contribution is -1.90. The SMILES string of the molecule is CC1=CN[CH]O1. The number of rotatable bonds is 0. The van der Waals surface area contributed by atoms with Gasteiger partial charge in [-0.3, -0.25) is 0 Å². The Balaban J connectivity index is 2.45. The van der Waals surface area contributed by atoms with Gasteiger partial charge in [-0.15, -0.1) is 0 Å². The van der Waals surface area contributed by atoms with E-state index in [1.54, 1.807) is 6.20 Å². The predicted molar refractivity (Wildman–Crippen MR) is 22.3 cm³/mol. The van der Waals surface area contributed by atoms with Gasteiger partial charge in [0.2, 0.25) is 6.73 Å². The molecule has 1 aliphatic heterocycles. The molecule has 2 nitrogen and oxygen atoms in total. The molecule has 0 aliphatic carbocycles. The minimum Gasteiger partial charge on any atom is -0.468 e. The molecule has 0 bridgehead atoms. The molecule has 1 radical (unpaired) electrons. The van der Waals surface area contributed by atoms with Gasteiger partial charge in [0.1, 0.15) is 5.76 Å². The van der Waals surface area contributed by atoms with Gasteiger partial charge in [-0.25, -0.2) is 0 Å². The van der Waals surface area contributed by atoms with E-state index in [1.807, 2.05) is 6.92 Å². The third-order valence-corrected chi connectivity index (χ3v) is 0.599. The largest absolute Gasteiger partial charge is 0.468 e. The lowest BCUT2D eigenvalue weighted by Gasteiger charge is -1.86. The molecule has 0 saturated carbocycles. The Morgan fingerprint density at radius 1 is 1.83 bits per heavy atom. The van der Waals surface area contributed by atoms with Gasteiger partial charge in [0, 0.05) is 6.20 Å². The Labute approximate surface area is 36.8 Å². The van der Waals surface area contributed by atoms with Crippen LogP contribution in [0.1, 0.15) is 6.92 Å². The summed E-state index contributed by atoms with van der Waals surface area (Å²) in [5.41, 5.74) is 0. The second-order valence-electron chi connectivity index (χ2n) is 1.16. The van der Waals surface area contributed by atoms with E-state index in [9.17, 15) is 0 Å². The fourth-order valence-electron chi connectivity index (χ4n) is 0.312. The van der Waals surface area contributed by atoms with Crippen molar-refractivity contribution in [3.63, 3.8) is 0 Å². The van der Waals surface area contributed by atoms with Crippen molar-refractivity contribution in [3.05, 3.63) is 18.7 Å². The standard InChI is InChI=1S/C4H6NO/c1-4-2-5-3-6-4/h2-3,5H,1H3. The van der Waals surface area contributed by atoms with Gasteiger partial charge < -0.3 is 10.1 Å². The molecule has 1 heterocycles. The average molecular weight is 84.1 g/mol. The summed E-state index contributed by atoms with van der Waals surface area (Å²) < 4.78 is 4.78. The van der Waals surface area contributed by atoms with Crippen molar-refractivity contribution >= 4 is 0 Å². The summed E-state index contributed by atoms with van der Waals surface area (Å²) >= 11 is 0. The molecule has 0 aromatic heterocycles. The van der Waals surface area contributed by atoms with E-state index < -0.39 is 0 Å². The van der Waals surface area contributed by atoms with Crippen LogP contribution in [0.15, 0.2) is 12.0 Å². The van der Waals surface area contributed by atoms with Crippen LogP contribution in [0.4, 0.5) is 0 Å². The zero-order chi connectivity index (χ0) is 4.41. The zero-order valence-corrected chi connectivity index (χ0v) is 3.56. The third kappa shape index (κ3) is 0.455. The van der Waals surface area contributed by atoms with Crippen LogP contribution in [0.3, 0.4) is 0 Å². The molecule has 1 rings (SSSR count). The smallest absolute Gasteiger partial charge is 0.225 e. The van der Waals surface area contributed by atoms with Crippen LogP contribution in [-0.2, 0) is 4.74 Å². The summed E-state index contributed by atoms with van der Waals surface area (Å²) in [6.07, 6.45) is 1.79. The van der Waals surface area contributed by atoms with Crippen molar-refractivity contribution in [2.24, 2.45) is 0 Å². The fraction of sp³-hybridized carbons (Fsp3) is 0.250. The molecule has 0 fully saturated rings. The van der Waals surface area contributed by atoms with Crippen molar-refractivity contribution < 1.29 is 4.74 Å². The van der Waals surface area contributed by atoms with E-state index in [2.05, 4.69) is 5.32 Å². The summed E-state index contributed by atoms with van der Waals surface area (Å²) in [6, 6.07) is 0. The summed E-state index contributed by atoms with van der Waals surface area (Å²) in [4.78, 5) is 0. The lowest BCUT2D eigenvalue weighted by molar-refractivity contribution is 0.306. The zero-order valence-electron chi connectivity index (χ0n) is 3.56. The van der Waals surface area contributed by atoms with Gasteiger partial charge >= 0.3 is 0 Å². The molecule has 2 heteroatoms. The summed E-state index contributed by atoms with van der Waals surface area (Å²) in [5, 5.41) is 2.76. The van der Waals surface area contributed by atoms with E-state index in [1.165, 1.54) is 6.73 Å². The molecular weight excluding hydrogens is 78.0 g/mol. The minimum absolute atomic E-state index is 0.912. The molecule has 1 aliphatic rings. The summed E-state index contributed by atoms with van der Waals surface area (Å²) in [6.45, 7) is 3.42. The summed E-state index contributed by atoms with van der Waals surface area (Å²) in [5.74, 6) is 0.912. The van der Waals surface area contributed by atoms with Crippen molar-refractivity contribution in [2.45, 2.75) is 6.92 Å². The molecule has 0 aromatic rings. The Kier molecular flexibility index (Phi) is 0.708. The maximum Gasteiger partial charge on any atom is 0.225 e. The molecule has 0 saturated heterocycles. The van der Waals surface area contributed by atoms with Gasteiger partial charge in [-0.2, -0.15) is 0 Å². The van der Waals surface area contributed by atoms with E-state index in [0.717, 1.165) is 5.76 Å². The number of hydrogen-bond donors (Lipinski definition) is 1. The van der Waals surface area contributed by atoms with Gasteiger partial charge in [0.25, 0.3) is 0 Å². The first-order valence-corrected chi connectivity index (χ1v) is 1.81. The van der Waals surface area contributed by atoms with Crippen molar-refractivity contribution in [3.8, 4) is 0 Å². The van der Waals surface area contributed by atoms with Crippen LogP contribution in [0.25, 0.3) is 0 Å². The molecule has 0 unspecified atom stereocenters. The normalized spacial score (nSPS) is 18.5. The monoisotopic (exact) mass is 84.0 g/mol. The van der Waals surface area contributed by atoms with Gasteiger partial charge in [0.15, 0.2) is 0 Å². The maximum absolute atomic E-state index is 4.78. The van der Waals surface area contributed by atoms with Crippen LogP contribution < -0.4 is 5.32 Å². The van der Waals surface area contributed by atoms with Crippen molar-refractivity contribution in [1.82, 2.24) is 5.32 Å². The van der Waals surface area contributed by atoms with E-state index in [0.29, 0.717) is 0 Å². The third-order valence-electron chi connectivity index (χ3n) is 0.599. The molecule has 0 spiro atoms. The van der Waals surface area contributed by atoms with E-state index in [4.69, 9.17) is 4.74 Å². The molecular formula is C4H6NO. The van der Waals surface area contributed by atoms with Crippen molar-refractivity contribution in [2.75, 3.05) is 0 Å².